The minimum atomic E-state index is 0.442. The molecule has 0 amide bonds. The highest BCUT2D eigenvalue weighted by molar-refractivity contribution is 6.42. The third-order valence-corrected chi connectivity index (χ3v) is 3.02. The van der Waals surface area contributed by atoms with E-state index in [0.717, 1.165) is 13.0 Å². The van der Waals surface area contributed by atoms with Gasteiger partial charge in [0, 0.05) is 24.9 Å². The molecule has 1 aromatic carbocycles. The van der Waals surface area contributed by atoms with Crippen LogP contribution in [0.3, 0.4) is 0 Å². The highest BCUT2D eigenvalue weighted by atomic mass is 35.5. The van der Waals surface area contributed by atoms with E-state index in [1.54, 1.807) is 30.5 Å². The van der Waals surface area contributed by atoms with Crippen LogP contribution in [-0.4, -0.2) is 16.5 Å². The number of hydrogen-bond donors (Lipinski definition) is 1. The van der Waals surface area contributed by atoms with Crippen LogP contribution in [0.15, 0.2) is 30.5 Å². The summed E-state index contributed by atoms with van der Waals surface area (Å²) in [4.78, 5) is 8.34. The molecule has 0 aliphatic heterocycles. The third-order valence-electron chi connectivity index (χ3n) is 2.28. The first kappa shape index (κ1) is 13.9. The van der Waals surface area contributed by atoms with Crippen molar-refractivity contribution in [3.63, 3.8) is 0 Å². The molecule has 0 spiro atoms. The molecule has 0 aliphatic rings. The van der Waals surface area contributed by atoms with Crippen LogP contribution in [0.2, 0.25) is 10.0 Å². The molecule has 0 saturated heterocycles. The molecular formula is C13H13Cl2N3O. The Balaban J connectivity index is 2.11. The van der Waals surface area contributed by atoms with Gasteiger partial charge in [0.25, 0.3) is 0 Å². The van der Waals surface area contributed by atoms with Crippen molar-refractivity contribution in [2.75, 3.05) is 11.9 Å². The zero-order chi connectivity index (χ0) is 13.7. The molecule has 0 fully saturated rings. The fourth-order valence-corrected chi connectivity index (χ4v) is 1.67. The van der Waals surface area contributed by atoms with Gasteiger partial charge in [-0.25, -0.2) is 4.98 Å². The van der Waals surface area contributed by atoms with E-state index in [0.29, 0.717) is 27.6 Å². The predicted octanol–water partition coefficient (Wildman–Crippen LogP) is 4.40. The smallest absolute Gasteiger partial charge is 0.225 e. The number of anilines is 1. The molecule has 4 nitrogen and oxygen atoms in total. The Morgan fingerprint density at radius 1 is 1.21 bits per heavy atom. The van der Waals surface area contributed by atoms with Crippen LogP contribution in [0, 0.1) is 0 Å². The standard InChI is InChI=1S/C13H13Cl2N3O/c1-2-6-16-13-17-7-5-12(18-13)19-9-3-4-10(14)11(15)8-9/h3-5,7-8H,2,6H2,1H3,(H,16,17,18). The molecule has 19 heavy (non-hydrogen) atoms. The van der Waals surface area contributed by atoms with Crippen molar-refractivity contribution in [3.8, 4) is 11.6 Å². The van der Waals surface area contributed by atoms with Gasteiger partial charge in [-0.15, -0.1) is 0 Å². The topological polar surface area (TPSA) is 47.0 Å². The lowest BCUT2D eigenvalue weighted by Gasteiger charge is -2.07. The normalized spacial score (nSPS) is 10.3. The Bertz CT molecular complexity index is 563. The molecule has 2 aromatic rings. The van der Waals surface area contributed by atoms with Gasteiger partial charge in [0.2, 0.25) is 11.8 Å². The molecule has 0 atom stereocenters. The van der Waals surface area contributed by atoms with Crippen LogP contribution >= 0.6 is 23.2 Å². The van der Waals surface area contributed by atoms with Crippen molar-refractivity contribution in [2.45, 2.75) is 13.3 Å². The fraction of sp³-hybridized carbons (Fsp3) is 0.231. The SMILES string of the molecule is CCCNc1nccc(Oc2ccc(Cl)c(Cl)c2)n1. The first-order valence-corrected chi connectivity index (χ1v) is 6.64. The van der Waals surface area contributed by atoms with E-state index in [9.17, 15) is 0 Å². The molecule has 0 saturated carbocycles. The van der Waals surface area contributed by atoms with Crippen molar-refractivity contribution in [1.82, 2.24) is 9.97 Å². The Morgan fingerprint density at radius 2 is 2.05 bits per heavy atom. The minimum Gasteiger partial charge on any atom is -0.439 e. The quantitative estimate of drug-likeness (QED) is 0.889. The number of benzene rings is 1. The van der Waals surface area contributed by atoms with Gasteiger partial charge < -0.3 is 10.1 Å². The molecule has 0 bridgehead atoms. The van der Waals surface area contributed by atoms with Gasteiger partial charge in [-0.05, 0) is 18.6 Å². The molecule has 2 rings (SSSR count). The Kier molecular flexibility index (Phi) is 4.82. The highest BCUT2D eigenvalue weighted by Gasteiger charge is 2.04. The summed E-state index contributed by atoms with van der Waals surface area (Å²) in [6.45, 7) is 2.89. The lowest BCUT2D eigenvalue weighted by atomic mass is 10.3. The molecule has 1 heterocycles. The Morgan fingerprint density at radius 3 is 2.79 bits per heavy atom. The average molecular weight is 298 g/mol. The van der Waals surface area contributed by atoms with Gasteiger partial charge in [-0.2, -0.15) is 4.98 Å². The predicted molar refractivity (Wildman–Crippen MR) is 77.3 cm³/mol. The maximum atomic E-state index is 5.92. The number of nitrogens with zero attached hydrogens (tertiary/aromatic N) is 2. The maximum Gasteiger partial charge on any atom is 0.225 e. The molecule has 0 unspecified atom stereocenters. The van der Waals surface area contributed by atoms with Gasteiger partial charge in [0.05, 0.1) is 10.0 Å². The van der Waals surface area contributed by atoms with Crippen molar-refractivity contribution in [3.05, 3.63) is 40.5 Å². The number of rotatable bonds is 5. The molecule has 0 aliphatic carbocycles. The van der Waals surface area contributed by atoms with Crippen molar-refractivity contribution in [1.29, 1.82) is 0 Å². The number of nitrogens with one attached hydrogen (secondary N) is 1. The van der Waals surface area contributed by atoms with Crippen molar-refractivity contribution < 1.29 is 4.74 Å². The first-order chi connectivity index (χ1) is 9.19. The van der Waals surface area contributed by atoms with E-state index in [4.69, 9.17) is 27.9 Å². The Hall–Kier alpha value is -1.52. The summed E-state index contributed by atoms with van der Waals surface area (Å²) in [5.74, 6) is 1.57. The monoisotopic (exact) mass is 297 g/mol. The van der Waals surface area contributed by atoms with E-state index in [1.165, 1.54) is 0 Å². The van der Waals surface area contributed by atoms with Gasteiger partial charge in [-0.1, -0.05) is 30.1 Å². The molecule has 6 heteroatoms. The molecular weight excluding hydrogens is 285 g/mol. The van der Waals surface area contributed by atoms with Crippen molar-refractivity contribution >= 4 is 29.2 Å². The average Bonchev–Trinajstić information content (AvgIpc) is 2.41. The second kappa shape index (κ2) is 6.59. The fourth-order valence-electron chi connectivity index (χ4n) is 1.38. The lowest BCUT2D eigenvalue weighted by Crippen LogP contribution is -2.04. The second-order valence-electron chi connectivity index (χ2n) is 3.82. The molecule has 1 N–H and O–H groups in total. The number of halogens is 2. The summed E-state index contributed by atoms with van der Waals surface area (Å²) in [5, 5.41) is 4.02. The van der Waals surface area contributed by atoms with E-state index >= 15 is 0 Å². The summed E-state index contributed by atoms with van der Waals surface area (Å²) in [6, 6.07) is 6.73. The van der Waals surface area contributed by atoms with Crippen molar-refractivity contribution in [2.24, 2.45) is 0 Å². The number of hydrogen-bond acceptors (Lipinski definition) is 4. The van der Waals surface area contributed by atoms with Gasteiger partial charge >= 0.3 is 0 Å². The molecule has 1 aromatic heterocycles. The van der Waals surface area contributed by atoms with E-state index in [1.807, 2.05) is 0 Å². The number of ether oxygens (including phenoxy) is 1. The van der Waals surface area contributed by atoms with Crippen LogP contribution in [0.1, 0.15) is 13.3 Å². The molecule has 0 radical (unpaired) electrons. The van der Waals surface area contributed by atoms with E-state index in [2.05, 4.69) is 22.2 Å². The van der Waals surface area contributed by atoms with Crippen LogP contribution in [0.25, 0.3) is 0 Å². The zero-order valence-electron chi connectivity index (χ0n) is 10.4. The summed E-state index contributed by atoms with van der Waals surface area (Å²) in [7, 11) is 0. The van der Waals surface area contributed by atoms with E-state index < -0.39 is 0 Å². The van der Waals surface area contributed by atoms with Crippen LogP contribution < -0.4 is 10.1 Å². The summed E-state index contributed by atoms with van der Waals surface area (Å²) < 4.78 is 5.60. The summed E-state index contributed by atoms with van der Waals surface area (Å²) in [6.07, 6.45) is 2.64. The highest BCUT2D eigenvalue weighted by Crippen LogP contribution is 2.28. The lowest BCUT2D eigenvalue weighted by molar-refractivity contribution is 0.462. The van der Waals surface area contributed by atoms with Crippen LogP contribution in [0.4, 0.5) is 5.95 Å². The molecule has 100 valence electrons. The summed E-state index contributed by atoms with van der Waals surface area (Å²) >= 11 is 11.8. The zero-order valence-corrected chi connectivity index (χ0v) is 11.9. The summed E-state index contributed by atoms with van der Waals surface area (Å²) in [5.41, 5.74) is 0. The van der Waals surface area contributed by atoms with Gasteiger partial charge in [0.1, 0.15) is 5.75 Å². The Labute approximate surface area is 121 Å². The van der Waals surface area contributed by atoms with Gasteiger partial charge in [0.15, 0.2) is 0 Å². The van der Waals surface area contributed by atoms with Crippen LogP contribution in [-0.2, 0) is 0 Å². The minimum absolute atomic E-state index is 0.442. The first-order valence-electron chi connectivity index (χ1n) is 5.89. The maximum absolute atomic E-state index is 5.92. The largest absolute Gasteiger partial charge is 0.439 e. The van der Waals surface area contributed by atoms with Gasteiger partial charge in [-0.3, -0.25) is 0 Å². The van der Waals surface area contributed by atoms with E-state index in [-0.39, 0.29) is 0 Å². The second-order valence-corrected chi connectivity index (χ2v) is 4.64. The third kappa shape index (κ3) is 3.98. The number of aromatic nitrogens is 2. The van der Waals surface area contributed by atoms with Crippen LogP contribution in [0.5, 0.6) is 11.6 Å².